The zero-order valence-electron chi connectivity index (χ0n) is 15.8. The molecule has 1 saturated carbocycles. The summed E-state index contributed by atoms with van der Waals surface area (Å²) in [4.78, 5) is 17.8. The third-order valence-corrected chi connectivity index (χ3v) is 4.55. The van der Waals surface area contributed by atoms with Gasteiger partial charge >= 0.3 is 6.18 Å². The molecule has 1 aromatic carbocycles. The number of aliphatic imine (C=N–C) groups is 1. The third kappa shape index (κ3) is 7.11. The second kappa shape index (κ2) is 9.62. The fraction of sp³-hybridized carbons (Fsp3) is 0.579. The number of halogens is 3. The predicted molar refractivity (Wildman–Crippen MR) is 99.3 cm³/mol. The molecule has 0 atom stereocenters. The molecule has 0 unspecified atom stereocenters. The number of hydrogen-bond donors (Lipinski definition) is 2. The summed E-state index contributed by atoms with van der Waals surface area (Å²) in [6.45, 7) is 0.342. The molecule has 1 fully saturated rings. The molecule has 0 bridgehead atoms. The molecule has 0 spiro atoms. The average Bonchev–Trinajstić information content (AvgIpc) is 2.64. The second-order valence-electron chi connectivity index (χ2n) is 6.98. The minimum Gasteiger partial charge on any atom is -0.354 e. The van der Waals surface area contributed by atoms with Gasteiger partial charge in [0.25, 0.3) is 0 Å². The molecular formula is C19H27F3N4O. The Bertz CT molecular complexity index is 635. The Morgan fingerprint density at radius 3 is 2.33 bits per heavy atom. The van der Waals surface area contributed by atoms with Gasteiger partial charge in [-0.25, -0.2) is 4.99 Å². The van der Waals surface area contributed by atoms with E-state index in [0.29, 0.717) is 17.6 Å². The Morgan fingerprint density at radius 2 is 1.78 bits per heavy atom. The van der Waals surface area contributed by atoms with Crippen molar-refractivity contribution >= 4 is 11.9 Å². The second-order valence-corrected chi connectivity index (χ2v) is 6.98. The maximum Gasteiger partial charge on any atom is 0.416 e. The average molecular weight is 384 g/mol. The molecule has 0 aromatic heterocycles. The van der Waals surface area contributed by atoms with Gasteiger partial charge in [-0.3, -0.25) is 4.79 Å². The number of carbonyl (C=O) groups excluding carboxylic acids is 1. The van der Waals surface area contributed by atoms with Gasteiger partial charge in [0.15, 0.2) is 5.96 Å². The summed E-state index contributed by atoms with van der Waals surface area (Å²) < 4.78 is 38.0. The van der Waals surface area contributed by atoms with Gasteiger partial charge in [0, 0.05) is 20.1 Å². The lowest BCUT2D eigenvalue weighted by molar-refractivity contribution is -0.137. The molecule has 5 nitrogen and oxygen atoms in total. The molecule has 1 amide bonds. The maximum atomic E-state index is 12.7. The lowest BCUT2D eigenvalue weighted by Gasteiger charge is -2.25. The minimum atomic E-state index is -4.34. The van der Waals surface area contributed by atoms with E-state index in [1.54, 1.807) is 14.1 Å². The van der Waals surface area contributed by atoms with Crippen LogP contribution in [0.3, 0.4) is 0 Å². The van der Waals surface area contributed by atoms with Crippen LogP contribution < -0.4 is 10.6 Å². The standard InChI is InChI=1S/C19H27F3N4O/c1-26(2)17(27)13-24-18(25-16-6-4-3-5-7-16)23-12-14-8-10-15(11-9-14)19(20,21)22/h8-11,16H,3-7,12-13H2,1-2H3,(H2,23,24,25). The SMILES string of the molecule is CN(C)C(=O)CNC(=NCc1ccc(C(F)(F)F)cc1)NC1CCCCC1. The first-order chi connectivity index (χ1) is 12.8. The van der Waals surface area contributed by atoms with Gasteiger partial charge < -0.3 is 15.5 Å². The van der Waals surface area contributed by atoms with Crippen LogP contribution in [0, 0.1) is 0 Å². The Kier molecular flexibility index (Phi) is 7.50. The van der Waals surface area contributed by atoms with Gasteiger partial charge in [-0.1, -0.05) is 31.4 Å². The number of benzene rings is 1. The van der Waals surface area contributed by atoms with Gasteiger partial charge in [-0.15, -0.1) is 0 Å². The molecular weight excluding hydrogens is 357 g/mol. The van der Waals surface area contributed by atoms with E-state index in [2.05, 4.69) is 15.6 Å². The van der Waals surface area contributed by atoms with Crippen molar-refractivity contribution in [3.63, 3.8) is 0 Å². The quantitative estimate of drug-likeness (QED) is 0.606. The fourth-order valence-corrected chi connectivity index (χ4v) is 2.88. The van der Waals surface area contributed by atoms with Crippen LogP contribution >= 0.6 is 0 Å². The third-order valence-electron chi connectivity index (χ3n) is 4.55. The van der Waals surface area contributed by atoms with E-state index >= 15 is 0 Å². The highest BCUT2D eigenvalue weighted by Gasteiger charge is 2.29. The monoisotopic (exact) mass is 384 g/mol. The van der Waals surface area contributed by atoms with Crippen molar-refractivity contribution in [3.05, 3.63) is 35.4 Å². The number of alkyl halides is 3. The van der Waals surface area contributed by atoms with Crippen molar-refractivity contribution in [2.24, 2.45) is 4.99 Å². The van der Waals surface area contributed by atoms with Crippen LogP contribution in [-0.2, 0) is 17.5 Å². The number of nitrogens with one attached hydrogen (secondary N) is 2. The van der Waals surface area contributed by atoms with E-state index in [1.807, 2.05) is 0 Å². The van der Waals surface area contributed by atoms with Crippen LogP contribution in [0.25, 0.3) is 0 Å². The van der Waals surface area contributed by atoms with Crippen molar-refractivity contribution in [1.82, 2.24) is 15.5 Å². The molecule has 1 aliphatic carbocycles. The summed E-state index contributed by atoms with van der Waals surface area (Å²) in [6.07, 6.45) is 1.28. The smallest absolute Gasteiger partial charge is 0.354 e. The number of nitrogens with zero attached hydrogens (tertiary/aromatic N) is 2. The van der Waals surface area contributed by atoms with Crippen LogP contribution in [0.1, 0.15) is 43.2 Å². The van der Waals surface area contributed by atoms with Gasteiger partial charge in [-0.05, 0) is 30.5 Å². The molecule has 8 heteroatoms. The van der Waals surface area contributed by atoms with Gasteiger partial charge in [-0.2, -0.15) is 13.2 Å². The summed E-state index contributed by atoms with van der Waals surface area (Å²) in [6, 6.07) is 5.27. The van der Waals surface area contributed by atoms with E-state index < -0.39 is 11.7 Å². The molecule has 27 heavy (non-hydrogen) atoms. The molecule has 0 heterocycles. The zero-order chi connectivity index (χ0) is 19.9. The topological polar surface area (TPSA) is 56.7 Å². The summed E-state index contributed by atoms with van der Waals surface area (Å²) in [5.74, 6) is 0.430. The number of guanidine groups is 1. The van der Waals surface area contributed by atoms with E-state index in [1.165, 1.54) is 23.5 Å². The summed E-state index contributed by atoms with van der Waals surface area (Å²) in [7, 11) is 3.36. The minimum absolute atomic E-state index is 0.0809. The van der Waals surface area contributed by atoms with Crippen LogP contribution in [0.4, 0.5) is 13.2 Å². The molecule has 2 rings (SSSR count). The van der Waals surface area contributed by atoms with Gasteiger partial charge in [0.1, 0.15) is 0 Å². The Labute approximate surface area is 158 Å². The van der Waals surface area contributed by atoms with E-state index in [4.69, 9.17) is 0 Å². The van der Waals surface area contributed by atoms with Crippen LogP contribution in [0.2, 0.25) is 0 Å². The van der Waals surface area contributed by atoms with Crippen LogP contribution in [0.5, 0.6) is 0 Å². The van der Waals surface area contributed by atoms with Gasteiger partial charge in [0.2, 0.25) is 5.91 Å². The summed E-state index contributed by atoms with van der Waals surface area (Å²) >= 11 is 0. The molecule has 1 aliphatic rings. The number of rotatable bonds is 5. The van der Waals surface area contributed by atoms with Crippen molar-refractivity contribution in [2.45, 2.75) is 50.9 Å². The summed E-state index contributed by atoms with van der Waals surface area (Å²) in [5.41, 5.74) is -0.00262. The van der Waals surface area contributed by atoms with Crippen molar-refractivity contribution in [1.29, 1.82) is 0 Å². The lowest BCUT2D eigenvalue weighted by atomic mass is 9.96. The van der Waals surface area contributed by atoms with E-state index in [9.17, 15) is 18.0 Å². The predicted octanol–water partition coefficient (Wildman–Crippen LogP) is 3.16. The number of amides is 1. The number of hydrogen-bond acceptors (Lipinski definition) is 2. The Morgan fingerprint density at radius 1 is 1.15 bits per heavy atom. The summed E-state index contributed by atoms with van der Waals surface area (Å²) in [5, 5.41) is 6.37. The van der Waals surface area contributed by atoms with E-state index in [0.717, 1.165) is 37.8 Å². The first kappa shape index (κ1) is 21.1. The molecule has 0 saturated heterocycles. The van der Waals surface area contributed by atoms with Gasteiger partial charge in [0.05, 0.1) is 18.7 Å². The highest BCUT2D eigenvalue weighted by molar-refractivity contribution is 5.86. The van der Waals surface area contributed by atoms with Crippen LogP contribution in [-0.4, -0.2) is 43.4 Å². The van der Waals surface area contributed by atoms with Crippen molar-refractivity contribution in [2.75, 3.05) is 20.6 Å². The van der Waals surface area contributed by atoms with Crippen molar-refractivity contribution < 1.29 is 18.0 Å². The Balaban J connectivity index is 2.02. The highest BCUT2D eigenvalue weighted by atomic mass is 19.4. The highest BCUT2D eigenvalue weighted by Crippen LogP contribution is 2.29. The lowest BCUT2D eigenvalue weighted by Crippen LogP contribution is -2.47. The molecule has 150 valence electrons. The molecule has 0 aliphatic heterocycles. The first-order valence-electron chi connectivity index (χ1n) is 9.17. The normalized spacial score (nSPS) is 16.1. The van der Waals surface area contributed by atoms with E-state index in [-0.39, 0.29) is 19.0 Å². The largest absolute Gasteiger partial charge is 0.416 e. The fourth-order valence-electron chi connectivity index (χ4n) is 2.88. The zero-order valence-corrected chi connectivity index (χ0v) is 15.8. The molecule has 2 N–H and O–H groups in total. The van der Waals surface area contributed by atoms with Crippen molar-refractivity contribution in [3.8, 4) is 0 Å². The molecule has 0 radical (unpaired) electrons. The molecule has 1 aromatic rings. The first-order valence-corrected chi connectivity index (χ1v) is 9.17. The van der Waals surface area contributed by atoms with Crippen LogP contribution in [0.15, 0.2) is 29.3 Å². The maximum absolute atomic E-state index is 12.7. The number of likely N-dealkylation sites (N-methyl/N-ethyl adjacent to an activating group) is 1. The Hall–Kier alpha value is -2.25. The number of carbonyl (C=O) groups is 1.